The number of ether oxygens (including phenoxy) is 1. The van der Waals surface area contributed by atoms with Crippen LogP contribution in [-0.4, -0.2) is 39.1 Å². The summed E-state index contributed by atoms with van der Waals surface area (Å²) in [6.45, 7) is 1.15. The minimum Gasteiger partial charge on any atom is -0.493 e. The van der Waals surface area contributed by atoms with Gasteiger partial charge >= 0.3 is 0 Å². The number of amides is 2. The molecule has 1 rings (SSSR count). The summed E-state index contributed by atoms with van der Waals surface area (Å²) in [4.78, 5) is 22.7. The van der Waals surface area contributed by atoms with E-state index in [1.807, 2.05) is 7.05 Å². The Morgan fingerprint density at radius 2 is 1.73 bits per heavy atom. The van der Waals surface area contributed by atoms with E-state index in [1.165, 1.54) is 0 Å². The van der Waals surface area contributed by atoms with E-state index in [0.29, 0.717) is 25.2 Å². The van der Waals surface area contributed by atoms with Gasteiger partial charge in [-0.25, -0.2) is 0 Å². The second kappa shape index (κ2) is 11.8. The molecule has 0 spiro atoms. The van der Waals surface area contributed by atoms with Crippen LogP contribution in [0.15, 0.2) is 24.3 Å². The molecule has 0 unspecified atom stereocenters. The summed E-state index contributed by atoms with van der Waals surface area (Å²) in [7, 11) is 3.46. The largest absolute Gasteiger partial charge is 0.493 e. The zero-order chi connectivity index (χ0) is 15.5. The highest BCUT2D eigenvalue weighted by Crippen LogP contribution is 2.16. The molecule has 7 heteroatoms. The van der Waals surface area contributed by atoms with Gasteiger partial charge in [0.2, 0.25) is 11.8 Å². The minimum atomic E-state index is -0.0551. The molecule has 0 aliphatic carbocycles. The van der Waals surface area contributed by atoms with Crippen LogP contribution in [0.4, 0.5) is 5.69 Å². The molecule has 124 valence electrons. The predicted molar refractivity (Wildman–Crippen MR) is 89.7 cm³/mol. The summed E-state index contributed by atoms with van der Waals surface area (Å²) >= 11 is 0. The maximum absolute atomic E-state index is 11.6. The van der Waals surface area contributed by atoms with Gasteiger partial charge in [-0.05, 0) is 44.3 Å². The van der Waals surface area contributed by atoms with Crippen LogP contribution in [0.1, 0.15) is 19.3 Å². The molecule has 3 N–H and O–H groups in total. The Hall–Kier alpha value is -1.79. The summed E-state index contributed by atoms with van der Waals surface area (Å²) < 4.78 is 5.44. The zero-order valence-corrected chi connectivity index (χ0v) is 13.8. The number of halogens is 1. The highest BCUT2D eigenvalue weighted by molar-refractivity contribution is 5.90. The quantitative estimate of drug-likeness (QED) is 0.601. The number of anilines is 1. The Morgan fingerprint density at radius 3 is 2.32 bits per heavy atom. The lowest BCUT2D eigenvalue weighted by atomic mass is 10.2. The third-order valence-electron chi connectivity index (χ3n) is 2.85. The first-order valence-corrected chi connectivity index (χ1v) is 7.03. The summed E-state index contributed by atoms with van der Waals surface area (Å²) in [5.41, 5.74) is 0.739. The number of nitrogens with one attached hydrogen (secondary N) is 3. The molecule has 0 heterocycles. The standard InChI is InChI=1S/C15H23N3O3.ClH/c1-16-10-3-4-15(20)18-12-5-7-13(8-6-12)21-11-9-14(19)17-2;/h5-8,16H,3-4,9-11H2,1-2H3,(H,17,19)(H,18,20);1H. The second-order valence-electron chi connectivity index (χ2n) is 4.55. The average Bonchev–Trinajstić information content (AvgIpc) is 2.49. The van der Waals surface area contributed by atoms with E-state index < -0.39 is 0 Å². The van der Waals surface area contributed by atoms with Crippen LogP contribution in [0.3, 0.4) is 0 Å². The molecule has 6 nitrogen and oxygen atoms in total. The average molecular weight is 330 g/mol. The summed E-state index contributed by atoms with van der Waals surface area (Å²) in [5.74, 6) is 0.617. The van der Waals surface area contributed by atoms with E-state index in [9.17, 15) is 9.59 Å². The molecule has 0 fully saturated rings. The fraction of sp³-hybridized carbons (Fsp3) is 0.467. The zero-order valence-electron chi connectivity index (χ0n) is 13.0. The van der Waals surface area contributed by atoms with E-state index >= 15 is 0 Å². The lowest BCUT2D eigenvalue weighted by Gasteiger charge is -2.08. The molecule has 0 saturated carbocycles. The third kappa shape index (κ3) is 8.49. The van der Waals surface area contributed by atoms with Gasteiger partial charge in [0.1, 0.15) is 5.75 Å². The molecular formula is C15H24ClN3O3. The molecule has 0 aliphatic heterocycles. The maximum Gasteiger partial charge on any atom is 0.224 e. The van der Waals surface area contributed by atoms with Crippen molar-refractivity contribution in [1.29, 1.82) is 0 Å². The lowest BCUT2D eigenvalue weighted by Crippen LogP contribution is -2.20. The Bertz CT molecular complexity index is 452. The normalized spacial score (nSPS) is 9.55. The topological polar surface area (TPSA) is 79.5 Å². The SMILES string of the molecule is CNCCCC(=O)Nc1ccc(OCCC(=O)NC)cc1.Cl. The first-order chi connectivity index (χ1) is 10.2. The minimum absolute atomic E-state index is 0. The molecule has 0 aliphatic rings. The van der Waals surface area contributed by atoms with Gasteiger partial charge in [-0.15, -0.1) is 12.4 Å². The summed E-state index contributed by atoms with van der Waals surface area (Å²) in [6, 6.07) is 7.11. The highest BCUT2D eigenvalue weighted by Gasteiger charge is 2.03. The number of hydrogen-bond donors (Lipinski definition) is 3. The Labute approximate surface area is 137 Å². The van der Waals surface area contributed by atoms with Crippen LogP contribution < -0.4 is 20.7 Å². The maximum atomic E-state index is 11.6. The van der Waals surface area contributed by atoms with Crippen LogP contribution in [0.2, 0.25) is 0 Å². The molecule has 0 aromatic heterocycles. The molecule has 1 aromatic carbocycles. The third-order valence-corrected chi connectivity index (χ3v) is 2.85. The fourth-order valence-corrected chi connectivity index (χ4v) is 1.67. The van der Waals surface area contributed by atoms with Gasteiger partial charge in [0.05, 0.1) is 13.0 Å². The van der Waals surface area contributed by atoms with Crippen molar-refractivity contribution < 1.29 is 14.3 Å². The van der Waals surface area contributed by atoms with Gasteiger partial charge in [0.25, 0.3) is 0 Å². The second-order valence-corrected chi connectivity index (χ2v) is 4.55. The van der Waals surface area contributed by atoms with E-state index in [1.54, 1.807) is 31.3 Å². The first kappa shape index (κ1) is 20.2. The molecule has 22 heavy (non-hydrogen) atoms. The predicted octanol–water partition coefficient (Wildman–Crippen LogP) is 1.56. The molecular weight excluding hydrogens is 306 g/mol. The van der Waals surface area contributed by atoms with E-state index in [2.05, 4.69) is 16.0 Å². The van der Waals surface area contributed by atoms with Crippen LogP contribution in [0, 0.1) is 0 Å². The lowest BCUT2D eigenvalue weighted by molar-refractivity contribution is -0.121. The van der Waals surface area contributed by atoms with Crippen molar-refractivity contribution in [2.75, 3.05) is 32.6 Å². The van der Waals surface area contributed by atoms with Crippen molar-refractivity contribution in [2.24, 2.45) is 0 Å². The van der Waals surface area contributed by atoms with Gasteiger partial charge in [0.15, 0.2) is 0 Å². The molecule has 0 radical (unpaired) electrons. The Kier molecular flexibility index (Phi) is 10.9. The van der Waals surface area contributed by atoms with Gasteiger partial charge < -0.3 is 20.7 Å². The molecule has 2 amide bonds. The number of carbonyl (C=O) groups excluding carboxylic acids is 2. The molecule has 0 bridgehead atoms. The van der Waals surface area contributed by atoms with Crippen molar-refractivity contribution in [2.45, 2.75) is 19.3 Å². The van der Waals surface area contributed by atoms with E-state index in [0.717, 1.165) is 18.7 Å². The summed E-state index contributed by atoms with van der Waals surface area (Å²) in [5, 5.41) is 8.36. The van der Waals surface area contributed by atoms with Crippen molar-refractivity contribution in [3.8, 4) is 5.75 Å². The smallest absolute Gasteiger partial charge is 0.224 e. The van der Waals surface area contributed by atoms with Crippen molar-refractivity contribution in [3.63, 3.8) is 0 Å². The van der Waals surface area contributed by atoms with Gasteiger partial charge in [-0.3, -0.25) is 9.59 Å². The first-order valence-electron chi connectivity index (χ1n) is 7.03. The van der Waals surface area contributed by atoms with Crippen molar-refractivity contribution >= 4 is 29.9 Å². The van der Waals surface area contributed by atoms with Gasteiger partial charge in [-0.2, -0.15) is 0 Å². The number of benzene rings is 1. The Morgan fingerprint density at radius 1 is 1.05 bits per heavy atom. The van der Waals surface area contributed by atoms with E-state index in [-0.39, 0.29) is 24.2 Å². The van der Waals surface area contributed by atoms with Gasteiger partial charge in [-0.1, -0.05) is 0 Å². The van der Waals surface area contributed by atoms with Gasteiger partial charge in [0, 0.05) is 19.2 Å². The molecule has 1 aromatic rings. The fourth-order valence-electron chi connectivity index (χ4n) is 1.67. The molecule has 0 atom stereocenters. The van der Waals surface area contributed by atoms with Crippen LogP contribution in [0.5, 0.6) is 5.75 Å². The van der Waals surface area contributed by atoms with Crippen molar-refractivity contribution in [3.05, 3.63) is 24.3 Å². The Balaban J connectivity index is 0.00000441. The number of hydrogen-bond acceptors (Lipinski definition) is 4. The van der Waals surface area contributed by atoms with Crippen LogP contribution in [0.25, 0.3) is 0 Å². The molecule has 0 saturated heterocycles. The highest BCUT2D eigenvalue weighted by atomic mass is 35.5. The van der Waals surface area contributed by atoms with Crippen LogP contribution >= 0.6 is 12.4 Å². The number of rotatable bonds is 9. The van der Waals surface area contributed by atoms with Crippen LogP contribution in [-0.2, 0) is 9.59 Å². The van der Waals surface area contributed by atoms with Crippen molar-refractivity contribution in [1.82, 2.24) is 10.6 Å². The van der Waals surface area contributed by atoms with E-state index in [4.69, 9.17) is 4.74 Å². The summed E-state index contributed by atoms with van der Waals surface area (Å²) in [6.07, 6.45) is 1.62. The monoisotopic (exact) mass is 329 g/mol. The number of carbonyl (C=O) groups is 2.